The summed E-state index contributed by atoms with van der Waals surface area (Å²) in [5.41, 5.74) is 7.65. The molecule has 1 aromatic carbocycles. The van der Waals surface area contributed by atoms with Crippen molar-refractivity contribution in [3.63, 3.8) is 0 Å². The number of aryl methyl sites for hydroxylation is 1. The van der Waals surface area contributed by atoms with Crippen LogP contribution in [-0.2, 0) is 11.2 Å². The summed E-state index contributed by atoms with van der Waals surface area (Å²) in [6.45, 7) is 4.68. The lowest BCUT2D eigenvalue weighted by atomic mass is 10.1. The molecule has 17 heavy (non-hydrogen) atoms. The quantitative estimate of drug-likeness (QED) is 0.794. The summed E-state index contributed by atoms with van der Waals surface area (Å²) in [5, 5.41) is 2.88. The van der Waals surface area contributed by atoms with Crippen LogP contribution in [0.2, 0.25) is 0 Å². The zero-order chi connectivity index (χ0) is 12.7. The number of amides is 1. The van der Waals surface area contributed by atoms with Crippen molar-refractivity contribution in [3.05, 3.63) is 29.8 Å². The predicted octanol–water partition coefficient (Wildman–Crippen LogP) is 2.56. The second-order valence-electron chi connectivity index (χ2n) is 4.54. The molecular formula is C14H22N2O. The first kappa shape index (κ1) is 13.7. The molecule has 0 aliphatic carbocycles. The van der Waals surface area contributed by atoms with Crippen LogP contribution in [-0.4, -0.2) is 12.5 Å². The lowest BCUT2D eigenvalue weighted by molar-refractivity contribution is -0.116. The molecule has 1 rings (SSSR count). The van der Waals surface area contributed by atoms with Crippen LogP contribution >= 0.6 is 0 Å². The summed E-state index contributed by atoms with van der Waals surface area (Å²) < 4.78 is 0. The average Bonchev–Trinajstić information content (AvgIpc) is 2.31. The topological polar surface area (TPSA) is 55.1 Å². The van der Waals surface area contributed by atoms with Crippen molar-refractivity contribution in [3.8, 4) is 0 Å². The van der Waals surface area contributed by atoms with E-state index in [0.29, 0.717) is 13.0 Å². The lowest BCUT2D eigenvalue weighted by Crippen LogP contribution is -2.20. The Kier molecular flexibility index (Phi) is 5.70. The average molecular weight is 234 g/mol. The third-order valence-corrected chi connectivity index (χ3v) is 2.71. The van der Waals surface area contributed by atoms with E-state index in [9.17, 15) is 4.79 Å². The van der Waals surface area contributed by atoms with E-state index in [4.69, 9.17) is 5.73 Å². The molecular weight excluding hydrogens is 212 g/mol. The number of benzene rings is 1. The molecule has 0 heterocycles. The number of rotatable bonds is 6. The molecule has 0 spiro atoms. The minimum atomic E-state index is 0.0335. The summed E-state index contributed by atoms with van der Waals surface area (Å²) in [5.74, 6) is 0.264. The third-order valence-electron chi connectivity index (χ3n) is 2.71. The molecule has 0 aliphatic rings. The van der Waals surface area contributed by atoms with Gasteiger partial charge < -0.3 is 11.1 Å². The van der Waals surface area contributed by atoms with Gasteiger partial charge in [0.1, 0.15) is 0 Å². The molecule has 3 N–H and O–H groups in total. The molecule has 0 radical (unpaired) electrons. The number of hydrogen-bond donors (Lipinski definition) is 2. The number of nitrogens with two attached hydrogens (primary N) is 1. The molecule has 94 valence electrons. The largest absolute Gasteiger partial charge is 0.330 e. The van der Waals surface area contributed by atoms with Gasteiger partial charge in [0, 0.05) is 12.1 Å². The van der Waals surface area contributed by atoms with Crippen molar-refractivity contribution in [2.45, 2.75) is 33.1 Å². The van der Waals surface area contributed by atoms with Gasteiger partial charge in [-0.25, -0.2) is 0 Å². The van der Waals surface area contributed by atoms with E-state index < -0.39 is 0 Å². The van der Waals surface area contributed by atoms with Crippen LogP contribution in [0.1, 0.15) is 32.3 Å². The van der Waals surface area contributed by atoms with Crippen molar-refractivity contribution in [2.24, 2.45) is 11.7 Å². The fraction of sp³-hybridized carbons (Fsp3) is 0.500. The summed E-state index contributed by atoms with van der Waals surface area (Å²) in [4.78, 5) is 11.6. The Hall–Kier alpha value is -1.35. The fourth-order valence-electron chi connectivity index (χ4n) is 1.66. The van der Waals surface area contributed by atoms with Crippen molar-refractivity contribution < 1.29 is 4.79 Å². The van der Waals surface area contributed by atoms with Crippen LogP contribution in [0.25, 0.3) is 0 Å². The van der Waals surface area contributed by atoms with Crippen LogP contribution < -0.4 is 11.1 Å². The SMILES string of the molecule is CCCc1ccc(NC(=O)CC(C)CN)cc1. The maximum atomic E-state index is 11.6. The molecule has 1 unspecified atom stereocenters. The monoisotopic (exact) mass is 234 g/mol. The number of anilines is 1. The van der Waals surface area contributed by atoms with Crippen LogP contribution in [0, 0.1) is 5.92 Å². The van der Waals surface area contributed by atoms with Crippen LogP contribution in [0.5, 0.6) is 0 Å². The second-order valence-corrected chi connectivity index (χ2v) is 4.54. The molecule has 0 saturated carbocycles. The van der Waals surface area contributed by atoms with Crippen LogP contribution in [0.15, 0.2) is 24.3 Å². The van der Waals surface area contributed by atoms with Crippen molar-refractivity contribution in [1.29, 1.82) is 0 Å². The van der Waals surface area contributed by atoms with E-state index in [1.54, 1.807) is 0 Å². The number of nitrogens with one attached hydrogen (secondary N) is 1. The number of hydrogen-bond acceptors (Lipinski definition) is 2. The van der Waals surface area contributed by atoms with E-state index in [1.165, 1.54) is 5.56 Å². The first-order valence-corrected chi connectivity index (χ1v) is 6.24. The van der Waals surface area contributed by atoms with E-state index in [1.807, 2.05) is 19.1 Å². The van der Waals surface area contributed by atoms with Gasteiger partial charge in [0.05, 0.1) is 0 Å². The van der Waals surface area contributed by atoms with Gasteiger partial charge in [0.25, 0.3) is 0 Å². The van der Waals surface area contributed by atoms with Crippen LogP contribution in [0.4, 0.5) is 5.69 Å². The number of carbonyl (C=O) groups is 1. The van der Waals surface area contributed by atoms with Crippen molar-refractivity contribution >= 4 is 11.6 Å². The second kappa shape index (κ2) is 7.07. The highest BCUT2D eigenvalue weighted by atomic mass is 16.1. The maximum Gasteiger partial charge on any atom is 0.224 e. The first-order valence-electron chi connectivity index (χ1n) is 6.24. The van der Waals surface area contributed by atoms with Gasteiger partial charge in [-0.2, -0.15) is 0 Å². The van der Waals surface area contributed by atoms with Gasteiger partial charge in [0.2, 0.25) is 5.91 Å². The van der Waals surface area contributed by atoms with E-state index in [0.717, 1.165) is 18.5 Å². The van der Waals surface area contributed by atoms with Gasteiger partial charge in [-0.15, -0.1) is 0 Å². The predicted molar refractivity (Wildman–Crippen MR) is 71.9 cm³/mol. The van der Waals surface area contributed by atoms with Crippen molar-refractivity contribution in [2.75, 3.05) is 11.9 Å². The van der Waals surface area contributed by atoms with E-state index in [2.05, 4.69) is 24.4 Å². The lowest BCUT2D eigenvalue weighted by Gasteiger charge is -2.09. The molecule has 0 aromatic heterocycles. The third kappa shape index (κ3) is 5.00. The zero-order valence-electron chi connectivity index (χ0n) is 10.7. The van der Waals surface area contributed by atoms with E-state index in [-0.39, 0.29) is 11.8 Å². The zero-order valence-corrected chi connectivity index (χ0v) is 10.7. The molecule has 0 bridgehead atoms. The molecule has 0 fully saturated rings. The van der Waals surface area contributed by atoms with Gasteiger partial charge in [-0.05, 0) is 36.6 Å². The standard InChI is InChI=1S/C14H22N2O/c1-3-4-12-5-7-13(8-6-12)16-14(17)9-11(2)10-15/h5-8,11H,3-4,9-10,15H2,1-2H3,(H,16,17). The summed E-state index contributed by atoms with van der Waals surface area (Å²) in [6, 6.07) is 8.03. The highest BCUT2D eigenvalue weighted by Crippen LogP contribution is 2.12. The Balaban J connectivity index is 2.48. The highest BCUT2D eigenvalue weighted by molar-refractivity contribution is 5.90. The normalized spacial score (nSPS) is 12.2. The highest BCUT2D eigenvalue weighted by Gasteiger charge is 2.07. The Morgan fingerprint density at radius 1 is 1.35 bits per heavy atom. The molecule has 3 heteroatoms. The number of carbonyl (C=O) groups excluding carboxylic acids is 1. The van der Waals surface area contributed by atoms with E-state index >= 15 is 0 Å². The Morgan fingerprint density at radius 2 is 2.00 bits per heavy atom. The maximum absolute atomic E-state index is 11.6. The Labute approximate surface area is 103 Å². The summed E-state index contributed by atoms with van der Waals surface area (Å²) in [7, 11) is 0. The smallest absolute Gasteiger partial charge is 0.224 e. The minimum Gasteiger partial charge on any atom is -0.330 e. The molecule has 3 nitrogen and oxygen atoms in total. The molecule has 1 amide bonds. The van der Waals surface area contributed by atoms with Gasteiger partial charge in [-0.3, -0.25) is 4.79 Å². The van der Waals surface area contributed by atoms with Gasteiger partial charge >= 0.3 is 0 Å². The molecule has 0 aliphatic heterocycles. The molecule has 1 atom stereocenters. The fourth-order valence-corrected chi connectivity index (χ4v) is 1.66. The Morgan fingerprint density at radius 3 is 2.53 bits per heavy atom. The molecule has 0 saturated heterocycles. The Bertz CT molecular complexity index is 346. The molecule has 1 aromatic rings. The summed E-state index contributed by atoms with van der Waals surface area (Å²) >= 11 is 0. The summed E-state index contributed by atoms with van der Waals surface area (Å²) in [6.07, 6.45) is 2.70. The van der Waals surface area contributed by atoms with Crippen LogP contribution in [0.3, 0.4) is 0 Å². The van der Waals surface area contributed by atoms with Gasteiger partial charge in [-0.1, -0.05) is 32.4 Å². The van der Waals surface area contributed by atoms with Crippen molar-refractivity contribution in [1.82, 2.24) is 0 Å². The minimum absolute atomic E-state index is 0.0335. The first-order chi connectivity index (χ1) is 8.15. The van der Waals surface area contributed by atoms with Gasteiger partial charge in [0.15, 0.2) is 0 Å².